The fourth-order valence-electron chi connectivity index (χ4n) is 7.46. The van der Waals surface area contributed by atoms with Gasteiger partial charge in [0.1, 0.15) is 11.3 Å². The molecule has 11 heteroatoms. The Hall–Kier alpha value is -3.44. The van der Waals surface area contributed by atoms with E-state index in [1.807, 2.05) is 6.07 Å². The van der Waals surface area contributed by atoms with Gasteiger partial charge in [0.2, 0.25) is 0 Å². The number of phenolic OH excluding ortho intramolecular Hbond substituents is 2. The SMILES string of the molecule is CCN1C(=O)N(c2c(F)c(O)cc(O)c2F)Cc2cnc3[nH]c(CCCCCCCCCCCCCCCCCCN4CCOCC4)cc3c21. The molecule has 2 aliphatic heterocycles. The van der Waals surface area contributed by atoms with Crippen LogP contribution in [-0.4, -0.2) is 70.5 Å². The number of rotatable bonds is 21. The second kappa shape index (κ2) is 19.2. The van der Waals surface area contributed by atoms with Crippen molar-refractivity contribution in [3.63, 3.8) is 0 Å². The maximum absolute atomic E-state index is 14.8. The number of nitrogens with one attached hydrogen (secondary N) is 1. The van der Waals surface area contributed by atoms with Crippen LogP contribution in [0.1, 0.15) is 121 Å². The number of ether oxygens (including phenoxy) is 1. The smallest absolute Gasteiger partial charge is 0.329 e. The molecule has 0 radical (unpaired) electrons. The molecule has 0 saturated carbocycles. The minimum atomic E-state index is -1.30. The summed E-state index contributed by atoms with van der Waals surface area (Å²) in [6.45, 7) is 7.16. The zero-order valence-electron chi connectivity index (χ0n) is 30.0. The molecule has 50 heavy (non-hydrogen) atoms. The van der Waals surface area contributed by atoms with Crippen LogP contribution in [0.25, 0.3) is 11.0 Å². The Bertz CT molecular complexity index is 1500. The number of H-pyrrole nitrogens is 1. The summed E-state index contributed by atoms with van der Waals surface area (Å²) < 4.78 is 35.0. The first-order valence-electron chi connectivity index (χ1n) is 19.2. The van der Waals surface area contributed by atoms with Crippen molar-refractivity contribution in [1.82, 2.24) is 14.9 Å². The maximum atomic E-state index is 14.8. The first-order chi connectivity index (χ1) is 24.4. The van der Waals surface area contributed by atoms with Crippen LogP contribution in [0.3, 0.4) is 0 Å². The van der Waals surface area contributed by atoms with Crippen LogP contribution in [0.4, 0.5) is 25.0 Å². The number of carbonyl (C=O) groups excluding carboxylic acids is 1. The van der Waals surface area contributed by atoms with Crippen molar-refractivity contribution < 1.29 is 28.5 Å². The Labute approximate surface area is 296 Å². The number of fused-ring (bicyclic) bond motifs is 3. The van der Waals surface area contributed by atoms with Crippen molar-refractivity contribution in [2.24, 2.45) is 0 Å². The van der Waals surface area contributed by atoms with E-state index in [1.54, 1.807) is 13.1 Å². The highest BCUT2D eigenvalue weighted by atomic mass is 19.1. The second-order valence-electron chi connectivity index (χ2n) is 14.1. The zero-order chi connectivity index (χ0) is 35.3. The lowest BCUT2D eigenvalue weighted by molar-refractivity contribution is 0.0371. The minimum absolute atomic E-state index is 0.151. The third-order valence-electron chi connectivity index (χ3n) is 10.3. The molecule has 0 atom stereocenters. The molecule has 5 rings (SSSR count). The highest BCUT2D eigenvalue weighted by Gasteiger charge is 2.37. The summed E-state index contributed by atoms with van der Waals surface area (Å²) in [5.74, 6) is -4.47. The zero-order valence-corrected chi connectivity index (χ0v) is 30.0. The van der Waals surface area contributed by atoms with Gasteiger partial charge in [-0.15, -0.1) is 0 Å². The molecule has 2 aliphatic rings. The lowest BCUT2D eigenvalue weighted by Crippen LogP contribution is -2.48. The largest absolute Gasteiger partial charge is 0.505 e. The van der Waals surface area contributed by atoms with Crippen molar-refractivity contribution in [2.75, 3.05) is 49.2 Å². The topological polar surface area (TPSA) is 105 Å². The predicted octanol–water partition coefficient (Wildman–Crippen LogP) is 9.34. The third-order valence-corrected chi connectivity index (χ3v) is 10.3. The maximum Gasteiger partial charge on any atom is 0.329 e. The molecule has 1 aromatic carbocycles. The van der Waals surface area contributed by atoms with Gasteiger partial charge in [0, 0.05) is 48.5 Å². The average molecular weight is 698 g/mol. The number of aryl methyl sites for hydroxylation is 1. The van der Waals surface area contributed by atoms with E-state index in [9.17, 15) is 23.8 Å². The molecule has 2 amide bonds. The molecule has 0 unspecified atom stereocenters. The number of unbranched alkanes of at least 4 members (excludes halogenated alkanes) is 15. The monoisotopic (exact) mass is 697 g/mol. The quantitative estimate of drug-likeness (QED) is 0.0959. The number of anilines is 2. The van der Waals surface area contributed by atoms with E-state index in [2.05, 4.69) is 14.9 Å². The first kappa shape index (κ1) is 37.8. The van der Waals surface area contributed by atoms with Crippen LogP contribution in [0, 0.1) is 11.6 Å². The van der Waals surface area contributed by atoms with Crippen molar-refractivity contribution in [2.45, 2.75) is 123 Å². The molecule has 3 N–H and O–H groups in total. The number of aromatic hydroxyl groups is 2. The fourth-order valence-corrected chi connectivity index (χ4v) is 7.46. The Morgan fingerprint density at radius 1 is 0.780 bits per heavy atom. The van der Waals surface area contributed by atoms with Gasteiger partial charge >= 0.3 is 6.03 Å². The molecule has 276 valence electrons. The van der Waals surface area contributed by atoms with Gasteiger partial charge in [-0.25, -0.2) is 18.6 Å². The Morgan fingerprint density at radius 3 is 1.88 bits per heavy atom. The van der Waals surface area contributed by atoms with Gasteiger partial charge in [-0.05, 0) is 38.8 Å². The molecule has 2 aromatic heterocycles. The number of pyridine rings is 1. The molecule has 9 nitrogen and oxygen atoms in total. The summed E-state index contributed by atoms with van der Waals surface area (Å²) in [4.78, 5) is 26.3. The normalized spacial score (nSPS) is 15.4. The molecule has 0 bridgehead atoms. The number of nitrogens with zero attached hydrogens (tertiary/aromatic N) is 4. The van der Waals surface area contributed by atoms with E-state index < -0.39 is 34.9 Å². The number of aromatic amines is 1. The molecular formula is C39H57F2N5O4. The number of hydrogen-bond acceptors (Lipinski definition) is 6. The van der Waals surface area contributed by atoms with Gasteiger partial charge in [-0.2, -0.15) is 0 Å². The number of aromatic nitrogens is 2. The first-order valence-corrected chi connectivity index (χ1v) is 19.2. The van der Waals surface area contributed by atoms with Gasteiger partial charge < -0.3 is 19.9 Å². The van der Waals surface area contributed by atoms with E-state index in [0.29, 0.717) is 23.0 Å². The van der Waals surface area contributed by atoms with Gasteiger partial charge in [0.05, 0.1) is 25.4 Å². The Balaban J connectivity index is 0.946. The molecule has 0 aliphatic carbocycles. The lowest BCUT2D eigenvalue weighted by Gasteiger charge is -2.37. The highest BCUT2D eigenvalue weighted by Crippen LogP contribution is 2.42. The summed E-state index contributed by atoms with van der Waals surface area (Å²) >= 11 is 0. The van der Waals surface area contributed by atoms with Crippen LogP contribution in [0.15, 0.2) is 18.3 Å². The van der Waals surface area contributed by atoms with Crippen LogP contribution in [0.2, 0.25) is 0 Å². The lowest BCUT2D eigenvalue weighted by atomic mass is 10.0. The Morgan fingerprint density at radius 2 is 1.32 bits per heavy atom. The predicted molar refractivity (Wildman–Crippen MR) is 195 cm³/mol. The highest BCUT2D eigenvalue weighted by molar-refractivity contribution is 6.11. The number of morpholine rings is 1. The van der Waals surface area contributed by atoms with Crippen molar-refractivity contribution in [3.8, 4) is 11.5 Å². The number of benzene rings is 1. The average Bonchev–Trinajstić information content (AvgIpc) is 3.54. The van der Waals surface area contributed by atoms with E-state index in [-0.39, 0.29) is 13.1 Å². The number of hydrogen-bond donors (Lipinski definition) is 3. The number of urea groups is 1. The van der Waals surface area contributed by atoms with E-state index in [4.69, 9.17) is 4.74 Å². The fraction of sp³-hybridized carbons (Fsp3) is 0.641. The minimum Gasteiger partial charge on any atom is -0.505 e. The molecular weight excluding hydrogens is 640 g/mol. The van der Waals surface area contributed by atoms with E-state index in [1.165, 1.54) is 101 Å². The van der Waals surface area contributed by atoms with Crippen molar-refractivity contribution >= 4 is 28.4 Å². The molecule has 3 aromatic rings. The summed E-state index contributed by atoms with van der Waals surface area (Å²) in [7, 11) is 0. The summed E-state index contributed by atoms with van der Waals surface area (Å²) in [6.07, 6.45) is 23.6. The molecule has 1 fully saturated rings. The van der Waals surface area contributed by atoms with Crippen LogP contribution >= 0.6 is 0 Å². The number of carbonyl (C=O) groups is 1. The third kappa shape index (κ3) is 9.87. The van der Waals surface area contributed by atoms with Crippen molar-refractivity contribution in [1.29, 1.82) is 0 Å². The number of phenols is 2. The molecule has 0 spiro atoms. The Kier molecular flexibility index (Phi) is 14.6. The summed E-state index contributed by atoms with van der Waals surface area (Å²) in [5, 5.41) is 20.5. The second-order valence-corrected chi connectivity index (χ2v) is 14.1. The van der Waals surface area contributed by atoms with Gasteiger partial charge in [-0.3, -0.25) is 14.7 Å². The van der Waals surface area contributed by atoms with E-state index in [0.717, 1.165) is 61.5 Å². The van der Waals surface area contributed by atoms with Gasteiger partial charge in [0.25, 0.3) is 0 Å². The summed E-state index contributed by atoms with van der Waals surface area (Å²) in [5.41, 5.74) is 2.21. The summed E-state index contributed by atoms with van der Waals surface area (Å²) in [6, 6.07) is 1.97. The number of amides is 2. The molecule has 4 heterocycles. The van der Waals surface area contributed by atoms with Gasteiger partial charge in [0.15, 0.2) is 23.1 Å². The van der Waals surface area contributed by atoms with Gasteiger partial charge in [-0.1, -0.05) is 89.9 Å². The van der Waals surface area contributed by atoms with Crippen LogP contribution in [0.5, 0.6) is 11.5 Å². The number of halogens is 2. The molecule has 1 saturated heterocycles. The van der Waals surface area contributed by atoms with E-state index >= 15 is 0 Å². The van der Waals surface area contributed by atoms with Crippen molar-refractivity contribution in [3.05, 3.63) is 41.2 Å². The van der Waals surface area contributed by atoms with Crippen LogP contribution < -0.4 is 9.80 Å². The van der Waals surface area contributed by atoms with Crippen LogP contribution in [-0.2, 0) is 17.7 Å². The standard InChI is InChI=1S/C39H57F2N5O4/c1-2-45-36-29(28-46(39(45)49)37-34(40)32(47)26-33(48)35(37)41)27-42-38-31(36)25-30(43-38)19-17-15-13-11-9-7-5-3-4-6-8-10-12-14-16-18-20-44-21-23-50-24-22-44/h25-27,47-48H,2-24,28H2,1H3,(H,42,43).